The summed E-state index contributed by atoms with van der Waals surface area (Å²) < 4.78 is 64.1. The average Bonchev–Trinajstić information content (AvgIpc) is 3.69. The number of aromatic nitrogens is 2. The van der Waals surface area contributed by atoms with Gasteiger partial charge in [-0.15, -0.1) is 0 Å². The van der Waals surface area contributed by atoms with Crippen molar-refractivity contribution < 1.29 is 26.7 Å². The van der Waals surface area contributed by atoms with Crippen molar-refractivity contribution in [1.82, 2.24) is 19.6 Å². The van der Waals surface area contributed by atoms with Crippen LogP contribution in [0.4, 0.5) is 19.3 Å². The molecule has 2 aromatic carbocycles. The Hall–Kier alpha value is -3.55. The number of carbonyl (C=O) groups excluding carboxylic acids is 1. The highest BCUT2D eigenvalue weighted by atomic mass is 32.2. The second-order valence-corrected chi connectivity index (χ2v) is 16.5. The molecule has 0 spiro atoms. The van der Waals surface area contributed by atoms with Crippen molar-refractivity contribution in [3.63, 3.8) is 0 Å². The Labute approximate surface area is 287 Å². The van der Waals surface area contributed by atoms with E-state index in [0.717, 1.165) is 82.5 Å². The van der Waals surface area contributed by atoms with Gasteiger partial charge in [0.25, 0.3) is 0 Å². The first-order chi connectivity index (χ1) is 23.4. The van der Waals surface area contributed by atoms with Gasteiger partial charge in [-0.25, -0.2) is 22.0 Å². The van der Waals surface area contributed by atoms with Crippen molar-refractivity contribution in [3.8, 4) is 0 Å². The lowest BCUT2D eigenvalue weighted by Crippen LogP contribution is -2.65. The molecule has 4 fully saturated rings. The average molecular weight is 697 g/mol. The molecular weight excluding hydrogens is 650 g/mol. The lowest BCUT2D eigenvalue weighted by molar-refractivity contribution is -0.0206. The van der Waals surface area contributed by atoms with Crippen LogP contribution in [0.15, 0.2) is 70.7 Å². The van der Waals surface area contributed by atoms with Crippen LogP contribution in [0.1, 0.15) is 44.1 Å². The Balaban J connectivity index is 1.03. The fraction of sp³-hybridized carbons (Fsp3) is 0.556. The maximum Gasteiger partial charge on any atom is 0.404 e. The number of aryl methyl sites for hydroxylation is 1. The molecule has 7 rings (SSSR count). The van der Waals surface area contributed by atoms with E-state index in [2.05, 4.69) is 14.9 Å². The number of hydrogen-bond acceptors (Lipinski definition) is 8. The van der Waals surface area contributed by atoms with Gasteiger partial charge in [-0.3, -0.25) is 9.58 Å². The Bertz CT molecular complexity index is 1750. The molecule has 0 bridgehead atoms. The van der Waals surface area contributed by atoms with Crippen LogP contribution in [0, 0.1) is 17.7 Å². The van der Waals surface area contributed by atoms with Crippen LogP contribution in [-0.2, 0) is 27.0 Å². The van der Waals surface area contributed by atoms with Gasteiger partial charge in [0.1, 0.15) is 16.8 Å². The van der Waals surface area contributed by atoms with Crippen molar-refractivity contribution in [2.75, 3.05) is 57.3 Å². The predicted octanol–water partition coefficient (Wildman–Crippen LogP) is 4.54. The predicted molar refractivity (Wildman–Crippen MR) is 181 cm³/mol. The topological polar surface area (TPSA) is 114 Å². The van der Waals surface area contributed by atoms with E-state index in [1.807, 2.05) is 11.0 Å². The standard InChI is InChI=1S/C36H46F2N6O4S/c1-41-21-31(20-40-41)49(46,47)30-11-9-29(10-12-30)44-23-35(38,24-44)22-43-17-13-26(14-18-43)36(25-42-15-4-16-42,27-5-2-6-28(37)19-27)32-7-3-8-33(32)48-34(39)45/h2,5-6,9-12,19-21,26,32-33H,3-4,7-8,13-18,22-25H2,1H3,(H2,39,45)/t32-,33-,36-/m0/s1. The minimum absolute atomic E-state index is 0.0115. The smallest absolute Gasteiger partial charge is 0.404 e. The Morgan fingerprint density at radius 1 is 1.00 bits per heavy atom. The largest absolute Gasteiger partial charge is 0.446 e. The Morgan fingerprint density at radius 2 is 1.73 bits per heavy atom. The molecule has 4 heterocycles. The first kappa shape index (κ1) is 33.9. The molecular formula is C36H46F2N6O4S. The van der Waals surface area contributed by atoms with Crippen LogP contribution >= 0.6 is 0 Å². The highest BCUT2D eigenvalue weighted by Crippen LogP contribution is 2.52. The number of likely N-dealkylation sites (tertiary alicyclic amines) is 2. The zero-order chi connectivity index (χ0) is 34.4. The van der Waals surface area contributed by atoms with Crippen LogP contribution < -0.4 is 10.6 Å². The maximum atomic E-state index is 16.1. The zero-order valence-corrected chi connectivity index (χ0v) is 28.8. The summed E-state index contributed by atoms with van der Waals surface area (Å²) in [6.45, 7) is 5.00. The molecule has 0 radical (unpaired) electrons. The van der Waals surface area contributed by atoms with Crippen LogP contribution in [0.3, 0.4) is 0 Å². The summed E-state index contributed by atoms with van der Waals surface area (Å²) in [5.74, 6) is -0.0625. The van der Waals surface area contributed by atoms with Crippen molar-refractivity contribution >= 4 is 21.6 Å². The van der Waals surface area contributed by atoms with Gasteiger partial charge in [0.05, 0.1) is 24.2 Å². The second kappa shape index (κ2) is 13.3. The molecule has 49 heavy (non-hydrogen) atoms. The minimum Gasteiger partial charge on any atom is -0.446 e. The van der Waals surface area contributed by atoms with E-state index in [0.29, 0.717) is 6.54 Å². The van der Waals surface area contributed by atoms with Crippen LogP contribution in [0.2, 0.25) is 0 Å². The number of carbonyl (C=O) groups is 1. The number of benzene rings is 2. The molecule has 1 amide bonds. The fourth-order valence-corrected chi connectivity index (χ4v) is 10.3. The van der Waals surface area contributed by atoms with E-state index in [-0.39, 0.29) is 46.6 Å². The number of hydrogen-bond donors (Lipinski definition) is 1. The zero-order valence-electron chi connectivity index (χ0n) is 28.0. The molecule has 13 heteroatoms. The van der Waals surface area contributed by atoms with Gasteiger partial charge in [0, 0.05) is 43.4 Å². The van der Waals surface area contributed by atoms with E-state index >= 15 is 4.39 Å². The number of piperidine rings is 1. The van der Waals surface area contributed by atoms with Gasteiger partial charge in [-0.2, -0.15) is 5.10 Å². The molecule has 3 atom stereocenters. The summed E-state index contributed by atoms with van der Waals surface area (Å²) in [6, 6.07) is 13.6. The number of halogens is 2. The summed E-state index contributed by atoms with van der Waals surface area (Å²) in [4.78, 5) is 18.9. The lowest BCUT2D eigenvalue weighted by atomic mass is 9.58. The molecule has 264 valence electrons. The Morgan fingerprint density at radius 3 is 2.35 bits per heavy atom. The summed E-state index contributed by atoms with van der Waals surface area (Å²) in [7, 11) is -2.01. The molecule has 3 aromatic rings. The van der Waals surface area contributed by atoms with Crippen molar-refractivity contribution in [2.24, 2.45) is 24.6 Å². The van der Waals surface area contributed by atoms with Crippen molar-refractivity contribution in [3.05, 3.63) is 72.3 Å². The van der Waals surface area contributed by atoms with E-state index < -0.39 is 27.0 Å². The third-order valence-corrected chi connectivity index (χ3v) is 13.2. The van der Waals surface area contributed by atoms with Gasteiger partial charge in [0.15, 0.2) is 5.67 Å². The van der Waals surface area contributed by atoms with Gasteiger partial charge in [0.2, 0.25) is 9.84 Å². The minimum atomic E-state index is -3.68. The quantitative estimate of drug-likeness (QED) is 0.311. The van der Waals surface area contributed by atoms with Gasteiger partial charge in [-0.1, -0.05) is 12.1 Å². The van der Waals surface area contributed by atoms with Crippen LogP contribution in [-0.4, -0.2) is 98.2 Å². The number of anilines is 1. The van der Waals surface area contributed by atoms with Crippen LogP contribution in [0.5, 0.6) is 0 Å². The normalized spacial score (nSPS) is 24.6. The number of primary amides is 1. The van der Waals surface area contributed by atoms with E-state index in [1.54, 1.807) is 43.4 Å². The highest BCUT2D eigenvalue weighted by Gasteiger charge is 2.54. The molecule has 1 aliphatic carbocycles. The molecule has 2 N–H and O–H groups in total. The lowest BCUT2D eigenvalue weighted by Gasteiger charge is -2.54. The van der Waals surface area contributed by atoms with E-state index in [1.165, 1.54) is 23.1 Å². The van der Waals surface area contributed by atoms with Crippen LogP contribution in [0.25, 0.3) is 0 Å². The Kier molecular flexibility index (Phi) is 9.20. The molecule has 0 unspecified atom stereocenters. The third kappa shape index (κ3) is 6.69. The monoisotopic (exact) mass is 696 g/mol. The van der Waals surface area contributed by atoms with E-state index in [4.69, 9.17) is 10.5 Å². The molecule has 3 aliphatic heterocycles. The SMILES string of the molecule is Cn1cc(S(=O)(=O)c2ccc(N3CC(F)(CN4CCC([C@@](CN5CCC5)(c5cccc(F)c5)[C@H]5CCC[C@@H]5OC(N)=O)CC4)C3)cc2)cn1. The maximum absolute atomic E-state index is 16.1. The summed E-state index contributed by atoms with van der Waals surface area (Å²) in [6.07, 6.45) is 7.05. The number of nitrogens with two attached hydrogens (primary N) is 1. The summed E-state index contributed by atoms with van der Waals surface area (Å²) in [5, 5.41) is 3.97. The van der Waals surface area contributed by atoms with Gasteiger partial charge < -0.3 is 20.3 Å². The summed E-state index contributed by atoms with van der Waals surface area (Å²) in [5.41, 5.74) is 5.48. The first-order valence-electron chi connectivity index (χ1n) is 17.4. The number of nitrogens with zero attached hydrogens (tertiary/aromatic N) is 5. The number of rotatable bonds is 11. The van der Waals surface area contributed by atoms with E-state index in [9.17, 15) is 17.6 Å². The molecule has 10 nitrogen and oxygen atoms in total. The highest BCUT2D eigenvalue weighted by molar-refractivity contribution is 7.91. The second-order valence-electron chi connectivity index (χ2n) is 14.6. The fourth-order valence-electron chi connectivity index (χ4n) is 9.02. The number of sulfone groups is 1. The molecule has 4 aliphatic rings. The van der Waals surface area contributed by atoms with Crippen molar-refractivity contribution in [2.45, 2.75) is 65.5 Å². The number of alkyl halides is 1. The molecule has 1 saturated carbocycles. The number of amides is 1. The summed E-state index contributed by atoms with van der Waals surface area (Å²) >= 11 is 0. The third-order valence-electron chi connectivity index (χ3n) is 11.5. The van der Waals surface area contributed by atoms with Gasteiger partial charge >= 0.3 is 6.09 Å². The number of ether oxygens (including phenoxy) is 1. The first-order valence-corrected chi connectivity index (χ1v) is 18.9. The van der Waals surface area contributed by atoms with Crippen molar-refractivity contribution in [1.29, 1.82) is 0 Å². The van der Waals surface area contributed by atoms with Gasteiger partial charge in [-0.05, 0) is 113 Å². The molecule has 1 aromatic heterocycles. The molecule has 3 saturated heterocycles.